The van der Waals surface area contributed by atoms with Crippen LogP contribution >= 0.6 is 0 Å². The fourth-order valence-corrected chi connectivity index (χ4v) is 1.78. The summed E-state index contributed by atoms with van der Waals surface area (Å²) in [7, 11) is 0. The molecule has 15 heavy (non-hydrogen) atoms. The second-order valence-corrected chi connectivity index (χ2v) is 3.91. The number of hydrogen-bond acceptors (Lipinski definition) is 4. The van der Waals surface area contributed by atoms with Gasteiger partial charge in [0.15, 0.2) is 6.29 Å². The lowest BCUT2D eigenvalue weighted by molar-refractivity contribution is -0.121. The first kappa shape index (κ1) is 10.6. The fourth-order valence-electron chi connectivity index (χ4n) is 1.78. The molecule has 82 valence electrons. The normalized spacial score (nSPS) is 35.7. The van der Waals surface area contributed by atoms with Crippen molar-refractivity contribution in [1.82, 2.24) is 0 Å². The van der Waals surface area contributed by atoms with Gasteiger partial charge in [0.25, 0.3) is 0 Å². The van der Waals surface area contributed by atoms with E-state index in [4.69, 9.17) is 4.74 Å². The molecule has 0 radical (unpaired) electrons. The molecule has 1 aromatic carbocycles. The maximum atomic E-state index is 10.0. The fraction of sp³-hybridized carbons (Fsp3) is 0.455. The van der Waals surface area contributed by atoms with Crippen LogP contribution in [0.2, 0.25) is 0 Å². The third-order valence-electron chi connectivity index (χ3n) is 2.68. The highest BCUT2D eigenvalue weighted by atomic mass is 16.6. The molecule has 1 fully saturated rings. The summed E-state index contributed by atoms with van der Waals surface area (Å²) in [5.41, 5.74) is -0.488. The van der Waals surface area contributed by atoms with Gasteiger partial charge in [-0.2, -0.15) is 0 Å². The van der Waals surface area contributed by atoms with E-state index in [0.29, 0.717) is 0 Å². The lowest BCUT2D eigenvalue weighted by atomic mass is 9.91. The Labute approximate surface area is 87.7 Å². The van der Waals surface area contributed by atoms with E-state index >= 15 is 0 Å². The average molecular weight is 210 g/mol. The number of ether oxygens (including phenoxy) is 1. The van der Waals surface area contributed by atoms with Crippen molar-refractivity contribution >= 4 is 0 Å². The lowest BCUT2D eigenvalue weighted by Gasteiger charge is -2.24. The molecule has 4 heteroatoms. The van der Waals surface area contributed by atoms with Crippen molar-refractivity contribution in [2.45, 2.75) is 24.4 Å². The van der Waals surface area contributed by atoms with Crippen molar-refractivity contribution in [3.63, 3.8) is 0 Å². The van der Waals surface area contributed by atoms with Crippen molar-refractivity contribution in [2.24, 2.45) is 0 Å². The molecular formula is C11H14O4. The Kier molecular flexibility index (Phi) is 2.75. The van der Waals surface area contributed by atoms with Crippen LogP contribution in [0.25, 0.3) is 0 Å². The van der Waals surface area contributed by atoms with E-state index in [1.807, 2.05) is 30.3 Å². The summed E-state index contributed by atoms with van der Waals surface area (Å²) in [6.45, 7) is -0.0514. The van der Waals surface area contributed by atoms with Gasteiger partial charge in [0, 0.05) is 6.42 Å². The predicted molar refractivity (Wildman–Crippen MR) is 53.1 cm³/mol. The third-order valence-corrected chi connectivity index (χ3v) is 2.68. The Bertz CT molecular complexity index is 327. The summed E-state index contributed by atoms with van der Waals surface area (Å²) < 4.78 is 4.81. The minimum atomic E-state index is -1.39. The lowest BCUT2D eigenvalue weighted by Crippen LogP contribution is -2.45. The monoisotopic (exact) mass is 210 g/mol. The summed E-state index contributed by atoms with van der Waals surface area (Å²) in [5, 5.41) is 28.8. The van der Waals surface area contributed by atoms with Crippen molar-refractivity contribution < 1.29 is 20.1 Å². The van der Waals surface area contributed by atoms with Crippen LogP contribution in [0.15, 0.2) is 30.3 Å². The molecule has 0 spiro atoms. The zero-order valence-electron chi connectivity index (χ0n) is 8.21. The van der Waals surface area contributed by atoms with Gasteiger partial charge in [-0.1, -0.05) is 30.3 Å². The van der Waals surface area contributed by atoms with Gasteiger partial charge in [-0.05, 0) is 5.56 Å². The molecule has 3 atom stereocenters. The Morgan fingerprint density at radius 1 is 1.27 bits per heavy atom. The number of rotatable bonds is 2. The molecule has 0 bridgehead atoms. The number of hydrogen-bond donors (Lipinski definition) is 3. The average Bonchev–Trinajstić information content (AvgIpc) is 2.48. The topological polar surface area (TPSA) is 69.9 Å². The first-order valence-electron chi connectivity index (χ1n) is 4.86. The number of benzene rings is 1. The highest BCUT2D eigenvalue weighted by Gasteiger charge is 2.47. The molecule has 1 aromatic rings. The predicted octanol–water partition coefficient (Wildman–Crippen LogP) is -0.330. The summed E-state index contributed by atoms with van der Waals surface area (Å²) in [6.07, 6.45) is -2.28. The molecule has 0 saturated carbocycles. The largest absolute Gasteiger partial charge is 0.385 e. The highest BCUT2D eigenvalue weighted by molar-refractivity contribution is 5.18. The van der Waals surface area contributed by atoms with E-state index in [1.54, 1.807) is 0 Å². The summed E-state index contributed by atoms with van der Waals surface area (Å²) in [4.78, 5) is 0. The molecule has 3 N–H and O–H groups in total. The molecule has 0 amide bonds. The first-order chi connectivity index (χ1) is 7.12. The molecule has 0 aromatic heterocycles. The second kappa shape index (κ2) is 3.90. The Morgan fingerprint density at radius 2 is 1.93 bits per heavy atom. The smallest absolute Gasteiger partial charge is 0.183 e. The van der Waals surface area contributed by atoms with Crippen LogP contribution in [0.5, 0.6) is 0 Å². The molecule has 0 aliphatic carbocycles. The van der Waals surface area contributed by atoms with Crippen LogP contribution in [0.3, 0.4) is 0 Å². The van der Waals surface area contributed by atoms with E-state index in [1.165, 1.54) is 0 Å². The van der Waals surface area contributed by atoms with Gasteiger partial charge in [0.2, 0.25) is 0 Å². The molecule has 1 unspecified atom stereocenters. The first-order valence-corrected chi connectivity index (χ1v) is 4.86. The Morgan fingerprint density at radius 3 is 2.47 bits per heavy atom. The van der Waals surface area contributed by atoms with E-state index in [9.17, 15) is 15.3 Å². The van der Waals surface area contributed by atoms with Crippen LogP contribution in [0.4, 0.5) is 0 Å². The van der Waals surface area contributed by atoms with E-state index in [2.05, 4.69) is 0 Å². The molecule has 4 nitrogen and oxygen atoms in total. The minimum Gasteiger partial charge on any atom is -0.385 e. The van der Waals surface area contributed by atoms with Crippen molar-refractivity contribution in [3.05, 3.63) is 35.9 Å². The SMILES string of the molecule is OC1OC[C@@](O)(Cc2ccccc2)[C@@H]1O. The minimum absolute atomic E-state index is 0.0514. The molecular weight excluding hydrogens is 196 g/mol. The summed E-state index contributed by atoms with van der Waals surface area (Å²) in [5.74, 6) is 0. The van der Waals surface area contributed by atoms with Gasteiger partial charge in [-0.3, -0.25) is 0 Å². The van der Waals surface area contributed by atoms with E-state index < -0.39 is 18.0 Å². The van der Waals surface area contributed by atoms with Gasteiger partial charge in [-0.25, -0.2) is 0 Å². The standard InChI is InChI=1S/C11H14O4/c12-9-10(13)15-7-11(9,14)6-8-4-2-1-3-5-8/h1-5,9-10,12-14H,6-7H2/t9-,10?,11+/m1/s1. The van der Waals surface area contributed by atoms with Crippen molar-refractivity contribution in [1.29, 1.82) is 0 Å². The molecule has 2 rings (SSSR count). The molecule has 1 heterocycles. The maximum absolute atomic E-state index is 10.0. The third kappa shape index (κ3) is 2.03. The van der Waals surface area contributed by atoms with Crippen LogP contribution in [-0.4, -0.2) is 39.9 Å². The molecule has 1 aliphatic rings. The van der Waals surface area contributed by atoms with Gasteiger partial charge < -0.3 is 20.1 Å². The van der Waals surface area contributed by atoms with Crippen molar-refractivity contribution in [2.75, 3.05) is 6.61 Å². The van der Waals surface area contributed by atoms with E-state index in [-0.39, 0.29) is 13.0 Å². The Hall–Kier alpha value is -0.940. The van der Waals surface area contributed by atoms with Gasteiger partial charge in [-0.15, -0.1) is 0 Å². The van der Waals surface area contributed by atoms with Crippen LogP contribution in [-0.2, 0) is 11.2 Å². The second-order valence-electron chi connectivity index (χ2n) is 3.91. The molecule has 1 saturated heterocycles. The zero-order chi connectivity index (χ0) is 10.9. The van der Waals surface area contributed by atoms with Gasteiger partial charge >= 0.3 is 0 Å². The van der Waals surface area contributed by atoms with Gasteiger partial charge in [0.05, 0.1) is 6.61 Å². The van der Waals surface area contributed by atoms with Crippen LogP contribution in [0.1, 0.15) is 5.56 Å². The van der Waals surface area contributed by atoms with Crippen molar-refractivity contribution in [3.8, 4) is 0 Å². The highest BCUT2D eigenvalue weighted by Crippen LogP contribution is 2.27. The zero-order valence-corrected chi connectivity index (χ0v) is 8.21. The van der Waals surface area contributed by atoms with Gasteiger partial charge in [0.1, 0.15) is 11.7 Å². The Balaban J connectivity index is 2.12. The summed E-state index contributed by atoms with van der Waals surface area (Å²) in [6, 6.07) is 9.31. The van der Waals surface area contributed by atoms with Crippen LogP contribution in [0, 0.1) is 0 Å². The number of aliphatic hydroxyl groups excluding tert-OH is 2. The maximum Gasteiger partial charge on any atom is 0.183 e. The van der Waals surface area contributed by atoms with Crippen LogP contribution < -0.4 is 0 Å². The van der Waals surface area contributed by atoms with E-state index in [0.717, 1.165) is 5.56 Å². The number of aliphatic hydroxyl groups is 3. The quantitative estimate of drug-likeness (QED) is 0.625. The summed E-state index contributed by atoms with van der Waals surface area (Å²) >= 11 is 0. The molecule has 1 aliphatic heterocycles.